The van der Waals surface area contributed by atoms with Crippen LogP contribution in [0.25, 0.3) is 0 Å². The third-order valence-electron chi connectivity index (χ3n) is 2.37. The lowest BCUT2D eigenvalue weighted by molar-refractivity contribution is 0.0795. The number of rotatable bonds is 5. The van der Waals surface area contributed by atoms with Crippen LogP contribution in [-0.4, -0.2) is 23.9 Å². The number of thiophene rings is 1. The molecule has 8 heteroatoms. The highest BCUT2D eigenvalue weighted by Crippen LogP contribution is 2.23. The van der Waals surface area contributed by atoms with Crippen LogP contribution < -0.4 is 10.1 Å². The van der Waals surface area contributed by atoms with Crippen molar-refractivity contribution >= 4 is 22.2 Å². The molecule has 0 fully saturated rings. The van der Waals surface area contributed by atoms with Gasteiger partial charge in [-0.3, -0.25) is 4.79 Å². The highest BCUT2D eigenvalue weighted by Gasteiger charge is 2.12. The minimum absolute atomic E-state index is 0.0605. The van der Waals surface area contributed by atoms with E-state index < -0.39 is 18.9 Å². The van der Waals surface area contributed by atoms with E-state index in [2.05, 4.69) is 10.3 Å². The van der Waals surface area contributed by atoms with Crippen molar-refractivity contribution < 1.29 is 18.3 Å². The number of nitriles is 1. The summed E-state index contributed by atoms with van der Waals surface area (Å²) in [5, 5.41) is 13.5. The van der Waals surface area contributed by atoms with E-state index in [1.165, 1.54) is 29.7 Å². The van der Waals surface area contributed by atoms with Crippen LogP contribution in [0.4, 0.5) is 13.8 Å². The first-order valence-corrected chi connectivity index (χ1v) is 6.64. The van der Waals surface area contributed by atoms with E-state index >= 15 is 0 Å². The van der Waals surface area contributed by atoms with Crippen molar-refractivity contribution in [3.8, 4) is 11.9 Å². The maximum Gasteiger partial charge on any atom is 0.272 e. The van der Waals surface area contributed by atoms with E-state index in [9.17, 15) is 13.6 Å². The zero-order valence-electron chi connectivity index (χ0n) is 10.5. The molecular formula is C13H9F2N3O2S. The average Bonchev–Trinajstić information content (AvgIpc) is 2.92. The number of alkyl halides is 2. The van der Waals surface area contributed by atoms with Crippen molar-refractivity contribution in [2.24, 2.45) is 0 Å². The number of amides is 1. The molecule has 0 aliphatic carbocycles. The molecule has 0 aliphatic heterocycles. The minimum atomic E-state index is -2.62. The lowest BCUT2D eigenvalue weighted by Gasteiger charge is -2.07. The van der Waals surface area contributed by atoms with E-state index in [1.807, 2.05) is 6.07 Å². The molecule has 0 unspecified atom stereocenters. The first-order valence-electron chi connectivity index (χ1n) is 5.76. The fraction of sp³-hybridized carbons (Fsp3) is 0.154. The first kappa shape index (κ1) is 14.9. The Labute approximate surface area is 122 Å². The van der Waals surface area contributed by atoms with Crippen molar-refractivity contribution in [3.63, 3.8) is 0 Å². The highest BCUT2D eigenvalue weighted by molar-refractivity contribution is 7.14. The number of hydrogen-bond donors (Lipinski definition) is 1. The lowest BCUT2D eigenvalue weighted by atomic mass is 10.2. The number of carbonyl (C=O) groups excluding carboxylic acids is 1. The molecule has 1 amide bonds. The summed E-state index contributed by atoms with van der Waals surface area (Å²) < 4.78 is 28.9. The molecule has 2 aromatic heterocycles. The van der Waals surface area contributed by atoms with Gasteiger partial charge in [-0.25, -0.2) is 13.8 Å². The number of nitrogens with zero attached hydrogens (tertiary/aromatic N) is 2. The second kappa shape index (κ2) is 6.76. The van der Waals surface area contributed by atoms with Crippen LogP contribution in [0.3, 0.4) is 0 Å². The largest absolute Gasteiger partial charge is 0.472 e. The molecule has 108 valence electrons. The number of carbonyl (C=O) groups is 1. The Balaban J connectivity index is 2.09. The highest BCUT2D eigenvalue weighted by atomic mass is 32.1. The van der Waals surface area contributed by atoms with Crippen LogP contribution in [0, 0.1) is 11.3 Å². The van der Waals surface area contributed by atoms with Crippen molar-refractivity contribution in [3.05, 3.63) is 40.9 Å². The molecule has 0 saturated carbocycles. The Morgan fingerprint density at radius 1 is 1.52 bits per heavy atom. The van der Waals surface area contributed by atoms with Gasteiger partial charge in [-0.15, -0.1) is 11.3 Å². The molecule has 0 atom stereocenters. The normalized spacial score (nSPS) is 10.2. The number of aromatic nitrogens is 1. The van der Waals surface area contributed by atoms with Crippen LogP contribution in [0.5, 0.6) is 5.88 Å². The SMILES string of the molecule is N#Cc1ccsc1NC(=O)c1ccnc(OCC(F)F)c1. The predicted molar refractivity (Wildman–Crippen MR) is 72.7 cm³/mol. The Bertz CT molecular complexity index is 682. The van der Waals surface area contributed by atoms with Gasteiger partial charge in [-0.2, -0.15) is 5.26 Å². The zero-order valence-corrected chi connectivity index (χ0v) is 11.4. The third-order valence-corrected chi connectivity index (χ3v) is 3.20. The van der Waals surface area contributed by atoms with E-state index in [0.717, 1.165) is 0 Å². The molecule has 0 radical (unpaired) electrons. The number of hydrogen-bond acceptors (Lipinski definition) is 5. The molecule has 2 heterocycles. The van der Waals surface area contributed by atoms with Crippen molar-refractivity contribution in [2.75, 3.05) is 11.9 Å². The molecule has 0 bridgehead atoms. The topological polar surface area (TPSA) is 75.0 Å². The van der Waals surface area contributed by atoms with Gasteiger partial charge in [0.2, 0.25) is 5.88 Å². The summed E-state index contributed by atoms with van der Waals surface area (Å²) in [6, 6.07) is 6.22. The maximum atomic E-state index is 12.1. The quantitative estimate of drug-likeness (QED) is 0.921. The van der Waals surface area contributed by atoms with Gasteiger partial charge in [0.15, 0.2) is 6.61 Å². The van der Waals surface area contributed by atoms with E-state index in [0.29, 0.717) is 10.6 Å². The smallest absolute Gasteiger partial charge is 0.272 e. The predicted octanol–water partition coefficient (Wildman–Crippen LogP) is 2.91. The summed E-state index contributed by atoms with van der Waals surface area (Å²) in [5.74, 6) is -0.534. The molecule has 5 nitrogen and oxygen atoms in total. The third kappa shape index (κ3) is 3.97. The zero-order chi connectivity index (χ0) is 15.2. The summed E-state index contributed by atoms with van der Waals surface area (Å²) in [5.41, 5.74) is 0.558. The minimum Gasteiger partial charge on any atom is -0.472 e. The van der Waals surface area contributed by atoms with Gasteiger partial charge in [0.1, 0.15) is 11.1 Å². The first-order chi connectivity index (χ1) is 10.1. The van der Waals surface area contributed by atoms with E-state index in [1.54, 1.807) is 11.4 Å². The van der Waals surface area contributed by atoms with Gasteiger partial charge < -0.3 is 10.1 Å². The van der Waals surface area contributed by atoms with Crippen LogP contribution in [0.2, 0.25) is 0 Å². The second-order valence-corrected chi connectivity index (χ2v) is 4.73. The number of pyridine rings is 1. The summed E-state index contributed by atoms with van der Waals surface area (Å²) in [4.78, 5) is 15.8. The molecule has 0 aliphatic rings. The summed E-state index contributed by atoms with van der Waals surface area (Å²) in [6.45, 7) is -0.790. The molecule has 0 aromatic carbocycles. The molecule has 1 N–H and O–H groups in total. The van der Waals surface area contributed by atoms with Gasteiger partial charge in [0.25, 0.3) is 12.3 Å². The van der Waals surface area contributed by atoms with Gasteiger partial charge in [0.05, 0.1) is 5.56 Å². The summed E-state index contributed by atoms with van der Waals surface area (Å²) in [6.07, 6.45) is -1.33. The van der Waals surface area contributed by atoms with Crippen LogP contribution >= 0.6 is 11.3 Å². The van der Waals surface area contributed by atoms with Gasteiger partial charge in [-0.1, -0.05) is 0 Å². The monoisotopic (exact) mass is 309 g/mol. The Morgan fingerprint density at radius 2 is 2.33 bits per heavy atom. The Morgan fingerprint density at radius 3 is 3.05 bits per heavy atom. The van der Waals surface area contributed by atoms with Crippen LogP contribution in [0.1, 0.15) is 15.9 Å². The Hall–Kier alpha value is -2.53. The molecule has 0 spiro atoms. The fourth-order valence-corrected chi connectivity index (χ4v) is 2.18. The maximum absolute atomic E-state index is 12.1. The molecule has 0 saturated heterocycles. The van der Waals surface area contributed by atoms with Crippen molar-refractivity contribution in [2.45, 2.75) is 6.43 Å². The number of nitrogens with one attached hydrogen (secondary N) is 1. The van der Waals surface area contributed by atoms with Gasteiger partial charge in [0, 0.05) is 17.8 Å². The fourth-order valence-electron chi connectivity index (χ4n) is 1.45. The van der Waals surface area contributed by atoms with Crippen LogP contribution in [0.15, 0.2) is 29.8 Å². The lowest BCUT2D eigenvalue weighted by Crippen LogP contribution is -2.13. The number of ether oxygens (including phenoxy) is 1. The van der Waals surface area contributed by atoms with Crippen molar-refractivity contribution in [1.29, 1.82) is 5.26 Å². The Kier molecular flexibility index (Phi) is 4.79. The summed E-state index contributed by atoms with van der Waals surface area (Å²) >= 11 is 1.21. The molecule has 2 aromatic rings. The van der Waals surface area contributed by atoms with E-state index in [4.69, 9.17) is 10.00 Å². The molecule has 2 rings (SSSR count). The number of anilines is 1. The average molecular weight is 309 g/mol. The van der Waals surface area contributed by atoms with Crippen LogP contribution in [-0.2, 0) is 0 Å². The summed E-state index contributed by atoms with van der Waals surface area (Å²) in [7, 11) is 0. The van der Waals surface area contributed by atoms with Gasteiger partial charge >= 0.3 is 0 Å². The van der Waals surface area contributed by atoms with Crippen molar-refractivity contribution in [1.82, 2.24) is 4.98 Å². The van der Waals surface area contributed by atoms with Gasteiger partial charge in [-0.05, 0) is 17.5 Å². The van der Waals surface area contributed by atoms with E-state index in [-0.39, 0.29) is 11.4 Å². The number of halogens is 2. The molecular weight excluding hydrogens is 300 g/mol. The standard InChI is InChI=1S/C13H9F2N3O2S/c14-10(15)7-20-11-5-8(1-3-17-11)12(19)18-13-9(6-16)2-4-21-13/h1-5,10H,7H2,(H,18,19). The molecule has 21 heavy (non-hydrogen) atoms. The second-order valence-electron chi connectivity index (χ2n) is 3.81.